The van der Waals surface area contributed by atoms with Crippen LogP contribution < -0.4 is 10.1 Å². The lowest BCUT2D eigenvalue weighted by atomic mass is 10.3. The third-order valence-corrected chi connectivity index (χ3v) is 8.54. The van der Waals surface area contributed by atoms with Crippen LogP contribution in [-0.2, 0) is 13.6 Å². The van der Waals surface area contributed by atoms with Crippen LogP contribution in [0.4, 0.5) is 0 Å². The van der Waals surface area contributed by atoms with Crippen molar-refractivity contribution in [1.82, 2.24) is 29.5 Å². The summed E-state index contributed by atoms with van der Waals surface area (Å²) in [6.45, 7) is 9.15. The van der Waals surface area contributed by atoms with Gasteiger partial charge < -0.3 is 10.1 Å². The van der Waals surface area contributed by atoms with E-state index in [-0.39, 0.29) is 21.1 Å². The van der Waals surface area contributed by atoms with Crippen molar-refractivity contribution < 1.29 is 9.53 Å². The molecule has 1 N–H and O–H groups in total. The molecule has 0 saturated heterocycles. The first-order valence-electron chi connectivity index (χ1n) is 10.5. The maximum Gasteiger partial charge on any atom is 0.269 e. The van der Waals surface area contributed by atoms with Crippen LogP contribution in [0.3, 0.4) is 0 Å². The number of nitrogens with one attached hydrogen (secondary N) is 1. The quantitative estimate of drug-likeness (QED) is 0.411. The Balaban J connectivity index is 1.72. The number of carbonyl (C=O) groups is 1. The predicted molar refractivity (Wildman–Crippen MR) is 135 cm³/mol. The van der Waals surface area contributed by atoms with Gasteiger partial charge in [-0.2, -0.15) is 5.10 Å². The molecule has 4 rings (SSSR count). The third-order valence-electron chi connectivity index (χ3n) is 5.19. The van der Waals surface area contributed by atoms with Crippen LogP contribution in [-0.4, -0.2) is 47.3 Å². The monoisotopic (exact) mass is 484 g/mol. The topological polar surface area (TPSA) is 86.3 Å². The Bertz CT molecular complexity index is 1330. The van der Waals surface area contributed by atoms with Gasteiger partial charge in [0.25, 0.3) is 5.91 Å². The average Bonchev–Trinajstić information content (AvgIpc) is 3.50. The Kier molecular flexibility index (Phi) is 6.40. The summed E-state index contributed by atoms with van der Waals surface area (Å²) in [5.74, 6) is 0.622. The second-order valence-corrected chi connectivity index (χ2v) is 12.2. The Morgan fingerprint density at radius 3 is 2.73 bits per heavy atom. The van der Waals surface area contributed by atoms with Gasteiger partial charge in [0.15, 0.2) is 0 Å². The van der Waals surface area contributed by atoms with E-state index in [1.54, 1.807) is 37.3 Å². The van der Waals surface area contributed by atoms with Gasteiger partial charge in [0, 0.05) is 35.6 Å². The molecule has 0 aliphatic heterocycles. The molecule has 4 heterocycles. The molecule has 0 aliphatic carbocycles. The number of ether oxygens (including phenoxy) is 1. The van der Waals surface area contributed by atoms with Crippen LogP contribution in [0.1, 0.15) is 43.2 Å². The lowest BCUT2D eigenvalue weighted by Gasteiger charge is -2.26. The first-order valence-corrected chi connectivity index (χ1v) is 12.7. The molecule has 4 aromatic rings. The van der Waals surface area contributed by atoms with Gasteiger partial charge in [0.05, 0.1) is 30.4 Å². The van der Waals surface area contributed by atoms with Gasteiger partial charge in [-0.25, -0.2) is 9.97 Å². The van der Waals surface area contributed by atoms with Gasteiger partial charge in [-0.3, -0.25) is 13.9 Å². The molecular weight excluding hydrogens is 456 g/mol. The number of hydrogen-bond donors (Lipinski definition) is 1. The number of fused-ring (bicyclic) bond motifs is 1. The summed E-state index contributed by atoms with van der Waals surface area (Å²) >= 11 is 1.51. The van der Waals surface area contributed by atoms with Gasteiger partial charge in [0.2, 0.25) is 0 Å². The summed E-state index contributed by atoms with van der Waals surface area (Å²) in [6.07, 6.45) is 5.59. The SMILES string of the molecule is C/C=S(/c1cn2c(-c3cc(C(=O)NCc4nccs4)n(C)n3)cnc2cc1OC)C(C)(C)C. The fourth-order valence-corrected chi connectivity index (χ4v) is 6.46. The summed E-state index contributed by atoms with van der Waals surface area (Å²) in [4.78, 5) is 22.6. The maximum atomic E-state index is 12.7. The smallest absolute Gasteiger partial charge is 0.269 e. The average molecular weight is 485 g/mol. The van der Waals surface area contributed by atoms with Crippen LogP contribution in [0.25, 0.3) is 17.0 Å². The van der Waals surface area contributed by atoms with Gasteiger partial charge in [-0.05, 0) is 13.0 Å². The number of pyridine rings is 1. The van der Waals surface area contributed by atoms with E-state index in [9.17, 15) is 4.79 Å². The molecule has 1 amide bonds. The first kappa shape index (κ1) is 23.2. The molecule has 1 unspecified atom stereocenters. The summed E-state index contributed by atoms with van der Waals surface area (Å²) in [6, 6.07) is 3.75. The fourth-order valence-electron chi connectivity index (χ4n) is 3.70. The highest BCUT2D eigenvalue weighted by Gasteiger charge is 2.23. The summed E-state index contributed by atoms with van der Waals surface area (Å²) in [5.41, 5.74) is 2.73. The van der Waals surface area contributed by atoms with Crippen molar-refractivity contribution in [2.24, 2.45) is 7.05 Å². The van der Waals surface area contributed by atoms with Crippen LogP contribution in [0, 0.1) is 0 Å². The molecule has 0 aliphatic rings. The van der Waals surface area contributed by atoms with E-state index < -0.39 is 0 Å². The number of hydrogen-bond acceptors (Lipinski definition) is 6. The van der Waals surface area contributed by atoms with Gasteiger partial charge in [-0.1, -0.05) is 26.1 Å². The number of aromatic nitrogens is 5. The molecule has 0 radical (unpaired) electrons. The van der Waals surface area contributed by atoms with Crippen LogP contribution in [0.2, 0.25) is 0 Å². The molecule has 0 spiro atoms. The molecule has 8 nitrogen and oxygen atoms in total. The second kappa shape index (κ2) is 9.11. The zero-order chi connectivity index (χ0) is 23.8. The first-order chi connectivity index (χ1) is 15.7. The highest BCUT2D eigenvalue weighted by molar-refractivity contribution is 8.16. The minimum Gasteiger partial charge on any atom is -0.495 e. The second-order valence-electron chi connectivity index (χ2n) is 8.41. The van der Waals surface area contributed by atoms with Crippen LogP contribution in [0.15, 0.2) is 41.0 Å². The van der Waals surface area contributed by atoms with E-state index in [0.29, 0.717) is 17.9 Å². The summed E-state index contributed by atoms with van der Waals surface area (Å²) < 4.78 is 9.37. The normalized spacial score (nSPS) is 12.9. The van der Waals surface area contributed by atoms with Crippen LogP contribution >= 0.6 is 21.8 Å². The largest absolute Gasteiger partial charge is 0.495 e. The molecule has 33 heavy (non-hydrogen) atoms. The van der Waals surface area contributed by atoms with Gasteiger partial charge in [0.1, 0.15) is 27.8 Å². The van der Waals surface area contributed by atoms with Crippen molar-refractivity contribution >= 4 is 38.7 Å². The summed E-state index contributed by atoms with van der Waals surface area (Å²) in [7, 11) is 3.31. The number of imidazole rings is 1. The van der Waals surface area contributed by atoms with Crippen molar-refractivity contribution in [3.63, 3.8) is 0 Å². The lowest BCUT2D eigenvalue weighted by molar-refractivity contribution is 0.0941. The maximum absolute atomic E-state index is 12.7. The number of carbonyl (C=O) groups excluding carboxylic acids is 1. The molecule has 1 atom stereocenters. The lowest BCUT2D eigenvalue weighted by Crippen LogP contribution is -2.24. The number of aryl methyl sites for hydroxylation is 1. The number of nitrogens with zero attached hydrogens (tertiary/aromatic N) is 5. The number of thiazole rings is 1. The Hall–Kier alpha value is -2.98. The van der Waals surface area contributed by atoms with Crippen molar-refractivity contribution in [1.29, 1.82) is 0 Å². The molecular formula is C23H28N6O2S2. The van der Waals surface area contributed by atoms with Gasteiger partial charge in [-0.15, -0.1) is 21.8 Å². The molecule has 174 valence electrons. The molecule has 0 fully saturated rings. The third kappa shape index (κ3) is 4.58. The van der Waals surface area contributed by atoms with Gasteiger partial charge >= 0.3 is 0 Å². The Morgan fingerprint density at radius 1 is 1.30 bits per heavy atom. The zero-order valence-electron chi connectivity index (χ0n) is 19.6. The Morgan fingerprint density at radius 2 is 2.09 bits per heavy atom. The molecule has 10 heteroatoms. The van der Waals surface area contributed by atoms with E-state index >= 15 is 0 Å². The summed E-state index contributed by atoms with van der Waals surface area (Å²) in [5, 5.41) is 12.5. The van der Waals surface area contributed by atoms with E-state index in [0.717, 1.165) is 27.0 Å². The molecule has 0 aromatic carbocycles. The zero-order valence-corrected chi connectivity index (χ0v) is 21.3. The van der Waals surface area contributed by atoms with E-state index in [4.69, 9.17) is 4.74 Å². The van der Waals surface area contributed by atoms with Crippen molar-refractivity contribution in [2.45, 2.75) is 43.9 Å². The highest BCUT2D eigenvalue weighted by atomic mass is 32.2. The van der Waals surface area contributed by atoms with Crippen molar-refractivity contribution in [2.75, 3.05) is 7.11 Å². The Labute approximate surface area is 199 Å². The molecule has 0 bridgehead atoms. The van der Waals surface area contributed by atoms with E-state index in [1.807, 2.05) is 15.8 Å². The molecule has 0 saturated carbocycles. The number of rotatable bonds is 6. The van der Waals surface area contributed by atoms with Crippen molar-refractivity contribution in [3.05, 3.63) is 46.8 Å². The number of methoxy groups -OCH3 is 1. The minimum absolute atomic E-state index is 0.0458. The van der Waals surface area contributed by atoms with Crippen molar-refractivity contribution in [3.8, 4) is 17.1 Å². The number of amides is 1. The highest BCUT2D eigenvalue weighted by Crippen LogP contribution is 2.44. The van der Waals surface area contributed by atoms with E-state index in [1.165, 1.54) is 11.3 Å². The standard InChI is InChI=1S/C23H28N6O2S2/c1-7-33(23(2,3)4)19-14-29-17(12-25-20(29)11-18(19)31-6)15-10-16(28(5)27-15)22(30)26-13-21-24-8-9-32-21/h7-12,14H,13H2,1-6H3,(H,26,30). The molecule has 4 aromatic heterocycles. The fraction of sp³-hybridized carbons (Fsp3) is 0.348. The predicted octanol–water partition coefficient (Wildman–Crippen LogP) is 4.38. The van der Waals surface area contributed by atoms with Crippen LogP contribution in [0.5, 0.6) is 5.75 Å². The van der Waals surface area contributed by atoms with E-state index in [2.05, 4.69) is 59.6 Å². The minimum atomic E-state index is -0.197.